The third-order valence-corrected chi connectivity index (χ3v) is 2.75. The van der Waals surface area contributed by atoms with E-state index in [1.54, 1.807) is 0 Å². The van der Waals surface area contributed by atoms with Crippen LogP contribution in [0.2, 0.25) is 0 Å². The van der Waals surface area contributed by atoms with Crippen LogP contribution in [0.4, 0.5) is 0 Å². The van der Waals surface area contributed by atoms with Gasteiger partial charge in [-0.3, -0.25) is 0 Å². The van der Waals surface area contributed by atoms with E-state index in [2.05, 4.69) is 12.0 Å². The van der Waals surface area contributed by atoms with Crippen LogP contribution in [0, 0.1) is 0 Å². The third kappa shape index (κ3) is 12.0. The molecule has 1 N–H and O–H groups in total. The molecular formula is C13H28O. The highest BCUT2D eigenvalue weighted by Gasteiger charge is 1.91. The van der Waals surface area contributed by atoms with Gasteiger partial charge in [-0.15, -0.1) is 0 Å². The molecule has 0 heterocycles. The number of aliphatic hydroxyl groups excluding tert-OH is 1. The van der Waals surface area contributed by atoms with Gasteiger partial charge in [-0.1, -0.05) is 71.1 Å². The summed E-state index contributed by atoms with van der Waals surface area (Å²) < 4.78 is 6.53. The lowest BCUT2D eigenvalue weighted by Gasteiger charge is -2.01. The molecule has 0 aromatic carbocycles. The van der Waals surface area contributed by atoms with E-state index in [4.69, 9.17) is 1.43 Å². The van der Waals surface area contributed by atoms with Gasteiger partial charge in [-0.25, -0.2) is 0 Å². The van der Waals surface area contributed by atoms with E-state index in [0.29, 0.717) is 6.61 Å². The molecule has 0 amide bonds. The first-order valence-corrected chi connectivity index (χ1v) is 6.50. The summed E-state index contributed by atoms with van der Waals surface area (Å²) in [5, 5.41) is 4.27. The van der Waals surface area contributed by atoms with E-state index in [-0.39, 0.29) is 0 Å². The first-order valence-electron chi connectivity index (χ1n) is 6.90. The summed E-state index contributed by atoms with van der Waals surface area (Å²) in [6, 6.07) is 0. The molecule has 0 aromatic heterocycles. The zero-order chi connectivity index (χ0) is 11.2. The molecular weight excluding hydrogens is 172 g/mol. The van der Waals surface area contributed by atoms with Crippen molar-refractivity contribution >= 4 is 0 Å². The number of rotatable bonds is 12. The second-order valence-electron chi connectivity index (χ2n) is 4.24. The molecule has 0 bridgehead atoms. The predicted molar refractivity (Wildman–Crippen MR) is 63.5 cm³/mol. The molecule has 1 heteroatoms. The molecule has 0 saturated heterocycles. The molecule has 0 saturated carbocycles. The standard InChI is InChI=1S/C13H28O/c1-2-3-4-5-6-7-8-9-10-11-12-13-14/h14H,2-13H2,1H3/i14D. The zero-order valence-corrected chi connectivity index (χ0v) is 9.89. The second-order valence-corrected chi connectivity index (χ2v) is 4.24. The highest BCUT2D eigenvalue weighted by atomic mass is 16.2. The van der Waals surface area contributed by atoms with Gasteiger partial charge >= 0.3 is 0 Å². The van der Waals surface area contributed by atoms with Crippen LogP contribution >= 0.6 is 0 Å². The molecule has 0 aromatic rings. The van der Waals surface area contributed by atoms with Crippen LogP contribution in [0.1, 0.15) is 77.6 Å². The van der Waals surface area contributed by atoms with Crippen LogP contribution in [0.15, 0.2) is 0 Å². The summed E-state index contributed by atoms with van der Waals surface area (Å²) in [5.74, 6) is 0. The summed E-state index contributed by atoms with van der Waals surface area (Å²) in [7, 11) is 0. The van der Waals surface area contributed by atoms with Gasteiger partial charge in [0.15, 0.2) is 0 Å². The number of unbranched alkanes of at least 4 members (excludes halogenated alkanes) is 10. The number of hydrogen-bond acceptors (Lipinski definition) is 1. The first-order chi connectivity index (χ1) is 7.41. The fraction of sp³-hybridized carbons (Fsp3) is 1.00. The minimum atomic E-state index is 0.608. The minimum Gasteiger partial charge on any atom is -0.396 e. The molecule has 14 heavy (non-hydrogen) atoms. The van der Waals surface area contributed by atoms with Gasteiger partial charge in [-0.05, 0) is 6.42 Å². The summed E-state index contributed by atoms with van der Waals surface area (Å²) >= 11 is 0. The van der Waals surface area contributed by atoms with Gasteiger partial charge in [-0.2, -0.15) is 0 Å². The van der Waals surface area contributed by atoms with Crippen molar-refractivity contribution in [2.75, 3.05) is 6.61 Å². The molecule has 0 fully saturated rings. The van der Waals surface area contributed by atoms with Crippen molar-refractivity contribution in [1.82, 2.24) is 0 Å². The van der Waals surface area contributed by atoms with Crippen LogP contribution in [0.25, 0.3) is 0 Å². The Morgan fingerprint density at radius 2 is 1.14 bits per heavy atom. The first kappa shape index (κ1) is 12.0. The smallest absolute Gasteiger partial charge is 0.210 e. The molecule has 86 valence electrons. The van der Waals surface area contributed by atoms with E-state index in [1.807, 2.05) is 0 Å². The van der Waals surface area contributed by atoms with Crippen molar-refractivity contribution < 1.29 is 5.11 Å². The van der Waals surface area contributed by atoms with Gasteiger partial charge < -0.3 is 5.11 Å². The Morgan fingerprint density at radius 1 is 0.714 bits per heavy atom. The van der Waals surface area contributed by atoms with Crippen LogP contribution < -0.4 is 0 Å². The Hall–Kier alpha value is -0.0400. The summed E-state index contributed by atoms with van der Waals surface area (Å²) in [5.41, 5.74) is 0. The Morgan fingerprint density at radius 3 is 1.57 bits per heavy atom. The lowest BCUT2D eigenvalue weighted by molar-refractivity contribution is 0.282. The average molecular weight is 201 g/mol. The molecule has 0 aliphatic heterocycles. The van der Waals surface area contributed by atoms with E-state index in [9.17, 15) is 0 Å². The van der Waals surface area contributed by atoms with Gasteiger partial charge in [0, 0.05) is 6.61 Å². The Bertz CT molecular complexity index is 94.7. The van der Waals surface area contributed by atoms with Crippen molar-refractivity contribution in [3.8, 4) is 0 Å². The Labute approximate surface area is 91.4 Å². The Kier molecular flexibility index (Phi) is 11.1. The van der Waals surface area contributed by atoms with Crippen LogP contribution in [0.3, 0.4) is 0 Å². The molecule has 0 rings (SSSR count). The van der Waals surface area contributed by atoms with Gasteiger partial charge in [0.05, 0.1) is 0 Å². The maximum atomic E-state index is 6.53. The van der Waals surface area contributed by atoms with Gasteiger partial charge in [0.1, 0.15) is 0 Å². The summed E-state index contributed by atoms with van der Waals surface area (Å²) in [6.45, 7) is 2.87. The molecule has 0 spiro atoms. The van der Waals surface area contributed by atoms with Crippen molar-refractivity contribution in [3.63, 3.8) is 0 Å². The zero-order valence-electron chi connectivity index (χ0n) is 10.9. The maximum Gasteiger partial charge on any atom is 0.210 e. The number of hydrogen-bond donors (Lipinski definition) is 1. The van der Waals surface area contributed by atoms with Crippen LogP contribution in [0.5, 0.6) is 0 Å². The molecule has 1 nitrogen and oxygen atoms in total. The van der Waals surface area contributed by atoms with E-state index >= 15 is 0 Å². The summed E-state index contributed by atoms with van der Waals surface area (Å²) in [4.78, 5) is 0. The van der Waals surface area contributed by atoms with E-state index in [0.717, 1.165) is 6.42 Å². The molecule has 0 unspecified atom stereocenters. The molecule has 0 radical (unpaired) electrons. The molecule has 0 aliphatic rings. The summed E-state index contributed by atoms with van der Waals surface area (Å²) in [6.07, 6.45) is 14.8. The monoisotopic (exact) mass is 201 g/mol. The third-order valence-electron chi connectivity index (χ3n) is 2.75. The highest BCUT2D eigenvalue weighted by molar-refractivity contribution is 4.47. The van der Waals surface area contributed by atoms with E-state index in [1.165, 1.54) is 64.2 Å². The maximum absolute atomic E-state index is 6.53. The van der Waals surface area contributed by atoms with Gasteiger partial charge in [0.2, 0.25) is 1.43 Å². The van der Waals surface area contributed by atoms with Crippen LogP contribution in [-0.4, -0.2) is 13.1 Å². The minimum absolute atomic E-state index is 0.608. The lowest BCUT2D eigenvalue weighted by Crippen LogP contribution is -1.84. The van der Waals surface area contributed by atoms with Crippen molar-refractivity contribution in [3.05, 3.63) is 0 Å². The predicted octanol–water partition coefficient (Wildman–Crippen LogP) is 4.29. The molecule has 0 atom stereocenters. The van der Waals surface area contributed by atoms with Crippen molar-refractivity contribution in [2.24, 2.45) is 0 Å². The largest absolute Gasteiger partial charge is 0.396 e. The highest BCUT2D eigenvalue weighted by Crippen LogP contribution is 2.10. The lowest BCUT2D eigenvalue weighted by atomic mass is 10.1. The quantitative estimate of drug-likeness (QED) is 0.467. The normalized spacial score (nSPS) is 11.6. The Balaban J connectivity index is 2.81. The van der Waals surface area contributed by atoms with Crippen molar-refractivity contribution in [1.29, 1.82) is 1.43 Å². The molecule has 0 aliphatic carbocycles. The van der Waals surface area contributed by atoms with Gasteiger partial charge in [0.25, 0.3) is 0 Å². The van der Waals surface area contributed by atoms with Crippen LogP contribution in [-0.2, 0) is 0 Å². The average Bonchev–Trinajstić information content (AvgIpc) is 2.26. The SMILES string of the molecule is [2H]OCCCCCCCCCCCCC. The van der Waals surface area contributed by atoms with E-state index < -0.39 is 0 Å². The fourth-order valence-corrected chi connectivity index (χ4v) is 1.77. The topological polar surface area (TPSA) is 20.2 Å². The van der Waals surface area contributed by atoms with Crippen molar-refractivity contribution in [2.45, 2.75) is 77.6 Å². The second kappa shape index (κ2) is 13.0. The fourth-order valence-electron chi connectivity index (χ4n) is 1.77. The number of aliphatic hydroxyl groups is 1.